The van der Waals surface area contributed by atoms with Gasteiger partial charge in [-0.15, -0.1) is 0 Å². The predicted molar refractivity (Wildman–Crippen MR) is 237 cm³/mol. The van der Waals surface area contributed by atoms with E-state index in [9.17, 15) is 19.8 Å². The van der Waals surface area contributed by atoms with Crippen LogP contribution >= 0.6 is 0 Å². The van der Waals surface area contributed by atoms with E-state index in [1.807, 2.05) is 19.2 Å². The molecule has 2 aliphatic rings. The number of aliphatic hydroxyl groups excluding tert-OH is 1. The molecule has 0 unspecified atom stereocenters. The van der Waals surface area contributed by atoms with Gasteiger partial charge < -0.3 is 31.3 Å². The molecule has 59 heavy (non-hydrogen) atoms. The van der Waals surface area contributed by atoms with E-state index >= 15 is 0 Å². The number of aliphatic hydroxyl groups is 1. The van der Waals surface area contributed by atoms with Crippen LogP contribution in [0.2, 0.25) is 0 Å². The lowest BCUT2D eigenvalue weighted by Gasteiger charge is -2.42. The number of fused-ring (bicyclic) bond motifs is 1. The first-order valence-electron chi connectivity index (χ1n) is 21.4. The number of hydrogen-bond acceptors (Lipinski definition) is 9. The number of pyridine rings is 1. The summed E-state index contributed by atoms with van der Waals surface area (Å²) >= 11 is 0. The Bertz CT molecular complexity index is 2080. The number of nitrogens with two attached hydrogens (primary N) is 1. The minimum absolute atomic E-state index is 0.0562. The Morgan fingerprint density at radius 1 is 0.915 bits per heavy atom. The van der Waals surface area contributed by atoms with Crippen LogP contribution in [0.5, 0.6) is 11.5 Å². The molecule has 9 nitrogen and oxygen atoms in total. The summed E-state index contributed by atoms with van der Waals surface area (Å²) in [6, 6.07) is 24.7. The first-order valence-corrected chi connectivity index (χ1v) is 21.4. The number of nitrogen functional groups attached to an aromatic ring is 1. The second-order valence-corrected chi connectivity index (χ2v) is 16.3. The fourth-order valence-electron chi connectivity index (χ4n) is 9.15. The van der Waals surface area contributed by atoms with Crippen molar-refractivity contribution in [2.24, 2.45) is 17.8 Å². The number of allylic oxidation sites excluding steroid dienone is 1. The molecular formula is C50H62N4O5. The van der Waals surface area contributed by atoms with Crippen LogP contribution in [-0.4, -0.2) is 66.7 Å². The van der Waals surface area contributed by atoms with Gasteiger partial charge in [-0.05, 0) is 152 Å². The molecule has 1 aliphatic heterocycles. The Morgan fingerprint density at radius 3 is 2.44 bits per heavy atom. The first kappa shape index (κ1) is 43.5. The van der Waals surface area contributed by atoms with E-state index in [2.05, 4.69) is 76.3 Å². The van der Waals surface area contributed by atoms with Gasteiger partial charge in [0.1, 0.15) is 11.6 Å². The van der Waals surface area contributed by atoms with Crippen LogP contribution in [0.1, 0.15) is 83.9 Å². The summed E-state index contributed by atoms with van der Waals surface area (Å²) in [5, 5.41) is 28.5. The van der Waals surface area contributed by atoms with Crippen LogP contribution in [0.15, 0.2) is 97.2 Å². The lowest BCUT2D eigenvalue weighted by molar-refractivity contribution is -0.124. The number of ketones is 2. The Labute approximate surface area is 350 Å². The predicted octanol–water partition coefficient (Wildman–Crippen LogP) is 7.39. The van der Waals surface area contributed by atoms with Gasteiger partial charge in [0.15, 0.2) is 17.3 Å². The fraction of sp³-hybridized carbons (Fsp3) is 0.420. The molecule has 6 rings (SSSR count). The number of nitrogens with one attached hydrogen (secondary N) is 2. The van der Waals surface area contributed by atoms with Gasteiger partial charge in [0.2, 0.25) is 0 Å². The lowest BCUT2D eigenvalue weighted by atomic mass is 9.68. The summed E-state index contributed by atoms with van der Waals surface area (Å²) in [5.74, 6) is 2.01. The highest BCUT2D eigenvalue weighted by Gasteiger charge is 2.36. The maximum atomic E-state index is 13.3. The molecule has 3 aromatic carbocycles. The van der Waals surface area contributed by atoms with Crippen LogP contribution in [0.3, 0.4) is 0 Å². The molecular weight excluding hydrogens is 737 g/mol. The number of aromatic nitrogens is 1. The fourth-order valence-corrected chi connectivity index (χ4v) is 9.15. The molecule has 0 radical (unpaired) electrons. The molecule has 1 aromatic heterocycles. The van der Waals surface area contributed by atoms with Gasteiger partial charge in [-0.25, -0.2) is 4.98 Å². The minimum Gasteiger partial charge on any atom is -0.504 e. The topological polar surface area (TPSA) is 147 Å². The number of carbonyl (C=O) groups excluding carboxylic acids is 2. The standard InChI is InChI=1S/C50H62N4O5/c1-52-47-21-20-38-31-53-23-22-44(38)45(47)15-8-4-7-14-42(56)29-43(57)26-41(33-55)46-30-49(59-2)48(58)27-39(46)25-40-32-54-50(51)28-37(40)19-18-36-13-9-12-35(24-36)17-16-34-10-5-3-6-11-34/h3,5-6,9-13,20-21,24,26-28,30,32,38,44-45,47,52-53,55,58H,4,7-8,14-19,22-23,25,29,31,33H2,1-2H3,(H2,51,54)/b41-26+/t38-,44-,45+,47+/m1/s1. The van der Waals surface area contributed by atoms with Crippen LogP contribution < -0.4 is 21.1 Å². The molecule has 1 fully saturated rings. The van der Waals surface area contributed by atoms with E-state index in [0.29, 0.717) is 59.2 Å². The van der Waals surface area contributed by atoms with E-state index in [1.54, 1.807) is 18.3 Å². The van der Waals surface area contributed by atoms with Crippen molar-refractivity contribution in [1.82, 2.24) is 15.6 Å². The summed E-state index contributed by atoms with van der Waals surface area (Å²) in [4.78, 5) is 30.7. The second kappa shape index (κ2) is 21.8. The highest BCUT2D eigenvalue weighted by molar-refractivity contribution is 6.07. The van der Waals surface area contributed by atoms with E-state index in [0.717, 1.165) is 75.6 Å². The molecule has 0 saturated carbocycles. The molecule has 2 heterocycles. The number of phenols is 1. The first-order chi connectivity index (χ1) is 28.7. The average molecular weight is 799 g/mol. The summed E-state index contributed by atoms with van der Waals surface area (Å²) < 4.78 is 5.44. The number of methoxy groups -OCH3 is 1. The molecule has 312 valence electrons. The van der Waals surface area contributed by atoms with Crippen molar-refractivity contribution < 1.29 is 24.5 Å². The number of ether oxygens (including phenoxy) is 1. The van der Waals surface area contributed by atoms with Crippen LogP contribution in [0.4, 0.5) is 5.82 Å². The van der Waals surface area contributed by atoms with Gasteiger partial charge in [-0.3, -0.25) is 9.59 Å². The van der Waals surface area contributed by atoms with Crippen LogP contribution in [-0.2, 0) is 41.7 Å². The zero-order valence-corrected chi connectivity index (χ0v) is 34.8. The molecule has 1 saturated heterocycles. The monoisotopic (exact) mass is 798 g/mol. The number of phenolic OH excluding ortho intramolecular Hbond substituents is 1. The third kappa shape index (κ3) is 12.2. The molecule has 0 bridgehead atoms. The van der Waals surface area contributed by atoms with E-state index in [4.69, 9.17) is 10.5 Å². The number of nitrogens with zero attached hydrogens (tertiary/aromatic N) is 1. The second-order valence-electron chi connectivity index (χ2n) is 16.3. The Balaban J connectivity index is 1.07. The zero-order chi connectivity index (χ0) is 41.6. The molecule has 9 heteroatoms. The van der Waals surface area contributed by atoms with Gasteiger partial charge in [0.05, 0.1) is 20.1 Å². The molecule has 0 amide bonds. The number of anilines is 1. The Hall–Kier alpha value is -5.09. The Kier molecular flexibility index (Phi) is 16.1. The third-order valence-corrected chi connectivity index (χ3v) is 12.3. The summed E-state index contributed by atoms with van der Waals surface area (Å²) in [6.45, 7) is 1.69. The third-order valence-electron chi connectivity index (χ3n) is 12.3. The SMILES string of the molecule is CN[C@H]1C=C[C@@H]2CNCC[C@H]2[C@@H]1CCCCCC(=O)CC(=O)/C=C(\CO)c1cc(OC)c(O)cc1Cc1cnc(N)cc1CCc1cccc(CCc2ccccc2)c1. The quantitative estimate of drug-likeness (QED) is 0.0252. The number of carbonyl (C=O) groups is 2. The maximum Gasteiger partial charge on any atom is 0.163 e. The summed E-state index contributed by atoms with van der Waals surface area (Å²) in [6.07, 6.45) is 16.9. The number of aromatic hydroxyl groups is 1. The molecule has 4 aromatic rings. The van der Waals surface area contributed by atoms with Crippen molar-refractivity contribution in [2.75, 3.05) is 39.6 Å². The number of benzene rings is 3. The maximum absolute atomic E-state index is 13.3. The largest absolute Gasteiger partial charge is 0.504 e. The Morgan fingerprint density at radius 2 is 1.68 bits per heavy atom. The molecule has 0 spiro atoms. The average Bonchev–Trinajstić information content (AvgIpc) is 3.25. The minimum atomic E-state index is -0.434. The van der Waals surface area contributed by atoms with E-state index in [-0.39, 0.29) is 29.5 Å². The number of likely N-dealkylation sites (N-methyl/N-ethyl adjacent to an activating group) is 1. The molecule has 6 N–H and O–H groups in total. The number of unbranched alkanes of at least 4 members (excludes halogenated alkanes) is 2. The summed E-state index contributed by atoms with van der Waals surface area (Å²) in [7, 11) is 3.50. The van der Waals surface area contributed by atoms with Gasteiger partial charge >= 0.3 is 0 Å². The number of aryl methyl sites for hydroxylation is 4. The van der Waals surface area contributed by atoms with Crippen molar-refractivity contribution >= 4 is 23.0 Å². The molecule has 1 aliphatic carbocycles. The number of Topliss-reactive ketones (excluding diaryl/α,β-unsaturated/α-hetero) is 1. The van der Waals surface area contributed by atoms with Crippen LogP contribution in [0, 0.1) is 17.8 Å². The number of piperidine rings is 1. The molecule has 4 atom stereocenters. The van der Waals surface area contributed by atoms with Crippen molar-refractivity contribution in [1.29, 1.82) is 0 Å². The van der Waals surface area contributed by atoms with Gasteiger partial charge in [-0.1, -0.05) is 79.6 Å². The highest BCUT2D eigenvalue weighted by Crippen LogP contribution is 2.38. The van der Waals surface area contributed by atoms with E-state index < -0.39 is 6.61 Å². The highest BCUT2D eigenvalue weighted by atomic mass is 16.5. The van der Waals surface area contributed by atoms with Crippen molar-refractivity contribution in [3.05, 3.63) is 136 Å². The smallest absolute Gasteiger partial charge is 0.163 e. The van der Waals surface area contributed by atoms with Crippen LogP contribution in [0.25, 0.3) is 5.57 Å². The number of rotatable bonds is 21. The van der Waals surface area contributed by atoms with Gasteiger partial charge in [-0.2, -0.15) is 0 Å². The van der Waals surface area contributed by atoms with Crippen molar-refractivity contribution in [3.8, 4) is 11.5 Å². The summed E-state index contributed by atoms with van der Waals surface area (Å²) in [5.41, 5.74) is 13.6. The lowest BCUT2D eigenvalue weighted by Crippen LogP contribution is -2.47. The van der Waals surface area contributed by atoms with Gasteiger partial charge in [0.25, 0.3) is 0 Å². The van der Waals surface area contributed by atoms with E-state index in [1.165, 1.54) is 36.3 Å². The van der Waals surface area contributed by atoms with Gasteiger partial charge in [0, 0.05) is 25.2 Å². The van der Waals surface area contributed by atoms with Crippen molar-refractivity contribution in [2.45, 2.75) is 83.1 Å². The number of hydrogen-bond donors (Lipinski definition) is 5. The normalized spacial score (nSPS) is 19.0. The zero-order valence-electron chi connectivity index (χ0n) is 34.8. The van der Waals surface area contributed by atoms with Crippen molar-refractivity contribution in [3.63, 3.8) is 0 Å².